The molecule has 0 radical (unpaired) electrons. The summed E-state index contributed by atoms with van der Waals surface area (Å²) < 4.78 is 5.42. The van der Waals surface area contributed by atoms with Crippen LogP contribution < -0.4 is 10.5 Å². The monoisotopic (exact) mass is 268 g/mol. The molecule has 5 heteroatoms. The quantitative estimate of drug-likeness (QED) is 0.635. The van der Waals surface area contributed by atoms with Crippen LogP contribution in [0.1, 0.15) is 13.3 Å². The maximum absolute atomic E-state index is 11.4. The Kier molecular flexibility index (Phi) is 5.85. The van der Waals surface area contributed by atoms with E-state index < -0.39 is 0 Å². The van der Waals surface area contributed by atoms with Crippen molar-refractivity contribution in [3.8, 4) is 5.75 Å². The van der Waals surface area contributed by atoms with Gasteiger partial charge >= 0.3 is 0 Å². The number of ether oxygens (including phenoxy) is 1. The second kappa shape index (κ2) is 7.16. The van der Waals surface area contributed by atoms with E-state index in [-0.39, 0.29) is 5.91 Å². The number of hydrogen-bond acceptors (Lipinski definition) is 4. The fourth-order valence-corrected chi connectivity index (χ4v) is 2.30. The molecule has 0 atom stereocenters. The molecule has 18 heavy (non-hydrogen) atoms. The Hall–Kier alpha value is -1.36. The minimum absolute atomic E-state index is 0.127. The first-order valence-electron chi connectivity index (χ1n) is 5.90. The second-order valence-electron chi connectivity index (χ2n) is 4.02. The summed E-state index contributed by atoms with van der Waals surface area (Å²) in [6, 6.07) is 5.61. The lowest BCUT2D eigenvalue weighted by molar-refractivity contribution is -0.128. The van der Waals surface area contributed by atoms with Crippen molar-refractivity contribution in [3.05, 3.63) is 18.2 Å². The van der Waals surface area contributed by atoms with Crippen molar-refractivity contribution in [1.29, 1.82) is 0 Å². The Morgan fingerprint density at radius 1 is 1.44 bits per heavy atom. The van der Waals surface area contributed by atoms with Crippen molar-refractivity contribution >= 4 is 23.4 Å². The number of nitrogen functional groups attached to an aromatic ring is 1. The van der Waals surface area contributed by atoms with E-state index in [9.17, 15) is 4.79 Å². The number of carbonyl (C=O) groups is 1. The van der Waals surface area contributed by atoms with Crippen LogP contribution >= 0.6 is 11.8 Å². The molecule has 0 aromatic heterocycles. The fourth-order valence-electron chi connectivity index (χ4n) is 1.37. The summed E-state index contributed by atoms with van der Waals surface area (Å²) in [5, 5.41) is 0. The van der Waals surface area contributed by atoms with Crippen molar-refractivity contribution in [1.82, 2.24) is 4.90 Å². The van der Waals surface area contributed by atoms with Crippen molar-refractivity contribution in [2.75, 3.05) is 32.2 Å². The molecule has 0 bridgehead atoms. The van der Waals surface area contributed by atoms with E-state index in [0.717, 1.165) is 22.1 Å². The van der Waals surface area contributed by atoms with Gasteiger partial charge in [-0.2, -0.15) is 0 Å². The minimum Gasteiger partial charge on any atom is -0.494 e. The predicted molar refractivity (Wildman–Crippen MR) is 76.1 cm³/mol. The van der Waals surface area contributed by atoms with Gasteiger partial charge in [0.05, 0.1) is 6.61 Å². The smallest absolute Gasteiger partial charge is 0.222 e. The van der Waals surface area contributed by atoms with Crippen LogP contribution in [0.15, 0.2) is 23.1 Å². The van der Waals surface area contributed by atoms with Gasteiger partial charge in [-0.05, 0) is 25.1 Å². The Labute approximate surface area is 112 Å². The van der Waals surface area contributed by atoms with E-state index >= 15 is 0 Å². The first-order chi connectivity index (χ1) is 8.54. The Bertz CT molecular complexity index is 408. The molecule has 1 rings (SSSR count). The van der Waals surface area contributed by atoms with Crippen LogP contribution in [0.25, 0.3) is 0 Å². The topological polar surface area (TPSA) is 55.6 Å². The van der Waals surface area contributed by atoms with Gasteiger partial charge in [0, 0.05) is 36.9 Å². The summed E-state index contributed by atoms with van der Waals surface area (Å²) >= 11 is 1.58. The molecule has 1 aromatic rings. The molecule has 4 nitrogen and oxygen atoms in total. The van der Waals surface area contributed by atoms with E-state index in [4.69, 9.17) is 10.5 Å². The van der Waals surface area contributed by atoms with Gasteiger partial charge in [-0.25, -0.2) is 0 Å². The molecule has 0 heterocycles. The number of nitrogens with zero attached hydrogens (tertiary/aromatic N) is 1. The molecule has 0 aliphatic rings. The van der Waals surface area contributed by atoms with Crippen LogP contribution in [-0.2, 0) is 4.79 Å². The van der Waals surface area contributed by atoms with Gasteiger partial charge < -0.3 is 15.4 Å². The lowest BCUT2D eigenvalue weighted by Gasteiger charge is -2.11. The molecule has 1 aromatic carbocycles. The number of benzene rings is 1. The Morgan fingerprint density at radius 2 is 2.17 bits per heavy atom. The number of nitrogens with two attached hydrogens (primary N) is 1. The summed E-state index contributed by atoms with van der Waals surface area (Å²) in [4.78, 5) is 14.0. The van der Waals surface area contributed by atoms with Gasteiger partial charge in [0.1, 0.15) is 5.75 Å². The number of anilines is 1. The molecule has 0 fully saturated rings. The molecule has 0 unspecified atom stereocenters. The highest BCUT2D eigenvalue weighted by molar-refractivity contribution is 7.99. The molecule has 0 aliphatic carbocycles. The van der Waals surface area contributed by atoms with Crippen LogP contribution in [-0.4, -0.2) is 37.3 Å². The number of thioether (sulfide) groups is 1. The predicted octanol–water partition coefficient (Wildman–Crippen LogP) is 2.24. The van der Waals surface area contributed by atoms with E-state index in [1.54, 1.807) is 30.8 Å². The maximum atomic E-state index is 11.4. The normalized spacial score (nSPS) is 10.2. The van der Waals surface area contributed by atoms with Gasteiger partial charge in [-0.15, -0.1) is 11.8 Å². The van der Waals surface area contributed by atoms with Crippen LogP contribution in [0.2, 0.25) is 0 Å². The molecule has 0 saturated carbocycles. The van der Waals surface area contributed by atoms with Gasteiger partial charge in [0.15, 0.2) is 0 Å². The zero-order valence-corrected chi connectivity index (χ0v) is 11.9. The molecule has 100 valence electrons. The third-order valence-electron chi connectivity index (χ3n) is 2.37. The summed E-state index contributed by atoms with van der Waals surface area (Å²) in [6.07, 6.45) is 0.510. The molecule has 1 amide bonds. The summed E-state index contributed by atoms with van der Waals surface area (Å²) in [6.45, 7) is 2.58. The second-order valence-corrected chi connectivity index (χ2v) is 5.16. The molecule has 0 spiro atoms. The number of amides is 1. The van der Waals surface area contributed by atoms with Gasteiger partial charge in [-0.1, -0.05) is 0 Å². The first-order valence-corrected chi connectivity index (χ1v) is 6.88. The summed E-state index contributed by atoms with van der Waals surface area (Å²) in [7, 11) is 3.52. The van der Waals surface area contributed by atoms with Crippen molar-refractivity contribution in [3.63, 3.8) is 0 Å². The van der Waals surface area contributed by atoms with Crippen LogP contribution in [0.5, 0.6) is 5.75 Å². The van der Waals surface area contributed by atoms with E-state index in [0.29, 0.717) is 13.0 Å². The third-order valence-corrected chi connectivity index (χ3v) is 3.44. The average Bonchev–Trinajstić information content (AvgIpc) is 2.33. The van der Waals surface area contributed by atoms with E-state index in [2.05, 4.69) is 0 Å². The summed E-state index contributed by atoms with van der Waals surface area (Å²) in [5.41, 5.74) is 6.61. The number of hydrogen-bond donors (Lipinski definition) is 1. The minimum atomic E-state index is 0.127. The zero-order valence-electron chi connectivity index (χ0n) is 11.1. The molecular weight excluding hydrogens is 248 g/mol. The van der Waals surface area contributed by atoms with Gasteiger partial charge in [-0.3, -0.25) is 4.79 Å². The molecule has 0 aliphatic heterocycles. The van der Waals surface area contributed by atoms with Crippen molar-refractivity contribution in [2.45, 2.75) is 18.2 Å². The Morgan fingerprint density at radius 3 is 2.78 bits per heavy atom. The summed E-state index contributed by atoms with van der Waals surface area (Å²) in [5.74, 6) is 1.66. The van der Waals surface area contributed by atoms with Crippen molar-refractivity contribution in [2.24, 2.45) is 0 Å². The SMILES string of the molecule is CCOc1ccc(N)c(SCCC(=O)N(C)C)c1. The van der Waals surface area contributed by atoms with Gasteiger partial charge in [0.2, 0.25) is 5.91 Å². The fraction of sp³-hybridized carbons (Fsp3) is 0.462. The largest absolute Gasteiger partial charge is 0.494 e. The number of rotatable bonds is 6. The van der Waals surface area contributed by atoms with Gasteiger partial charge in [0.25, 0.3) is 0 Å². The molecular formula is C13H20N2O2S. The van der Waals surface area contributed by atoms with E-state index in [1.807, 2.05) is 25.1 Å². The standard InChI is InChI=1S/C13H20N2O2S/c1-4-17-10-5-6-11(14)12(9-10)18-8-7-13(16)15(2)3/h5-6,9H,4,7-8,14H2,1-3H3. The highest BCUT2D eigenvalue weighted by Crippen LogP contribution is 2.29. The highest BCUT2D eigenvalue weighted by Gasteiger charge is 2.06. The lowest BCUT2D eigenvalue weighted by Crippen LogP contribution is -2.21. The zero-order chi connectivity index (χ0) is 13.5. The average molecular weight is 268 g/mol. The van der Waals surface area contributed by atoms with Crippen LogP contribution in [0.3, 0.4) is 0 Å². The van der Waals surface area contributed by atoms with Crippen LogP contribution in [0.4, 0.5) is 5.69 Å². The van der Waals surface area contributed by atoms with E-state index in [1.165, 1.54) is 0 Å². The first kappa shape index (κ1) is 14.7. The molecule has 2 N–H and O–H groups in total. The number of carbonyl (C=O) groups excluding carboxylic acids is 1. The maximum Gasteiger partial charge on any atom is 0.222 e. The third kappa shape index (κ3) is 4.49. The van der Waals surface area contributed by atoms with Crippen LogP contribution in [0, 0.1) is 0 Å². The van der Waals surface area contributed by atoms with Crippen molar-refractivity contribution < 1.29 is 9.53 Å². The lowest BCUT2D eigenvalue weighted by atomic mass is 10.3. The molecule has 0 saturated heterocycles. The highest BCUT2D eigenvalue weighted by atomic mass is 32.2. The Balaban J connectivity index is 2.55.